The maximum Gasteiger partial charge on any atom is 0.246 e. The molecule has 5 heteroatoms. The number of carbonyl (C=O) groups excluding carboxylic acids is 1. The van der Waals surface area contributed by atoms with Crippen molar-refractivity contribution in [1.82, 2.24) is 4.90 Å². The third-order valence-corrected chi connectivity index (χ3v) is 4.65. The van der Waals surface area contributed by atoms with Crippen molar-refractivity contribution in [3.8, 4) is 11.5 Å². The quantitative estimate of drug-likeness (QED) is 0.760. The van der Waals surface area contributed by atoms with E-state index >= 15 is 0 Å². The molecule has 0 spiro atoms. The Morgan fingerprint density at radius 1 is 1.30 bits per heavy atom. The highest BCUT2D eigenvalue weighted by molar-refractivity contribution is 7.09. The summed E-state index contributed by atoms with van der Waals surface area (Å²) < 4.78 is 10.6. The summed E-state index contributed by atoms with van der Waals surface area (Å²) in [6.45, 7) is 3.70. The van der Waals surface area contributed by atoms with Gasteiger partial charge >= 0.3 is 0 Å². The molecule has 1 amide bonds. The molecular weight excluding hydrogens is 310 g/mol. The summed E-state index contributed by atoms with van der Waals surface area (Å²) in [5, 5.41) is 2.06. The van der Waals surface area contributed by atoms with E-state index in [2.05, 4.69) is 11.4 Å². The van der Waals surface area contributed by atoms with Gasteiger partial charge in [0.1, 0.15) is 0 Å². The van der Waals surface area contributed by atoms with Gasteiger partial charge in [-0.1, -0.05) is 12.1 Å². The zero-order valence-corrected chi connectivity index (χ0v) is 13.8. The van der Waals surface area contributed by atoms with Gasteiger partial charge in [0.15, 0.2) is 11.5 Å². The number of nitrogens with zero attached hydrogens (tertiary/aromatic N) is 1. The van der Waals surface area contributed by atoms with Crippen LogP contribution in [0.25, 0.3) is 6.08 Å². The molecule has 0 bridgehead atoms. The average molecular weight is 329 g/mol. The maximum absolute atomic E-state index is 12.3. The van der Waals surface area contributed by atoms with Crippen molar-refractivity contribution >= 4 is 23.3 Å². The first-order valence-corrected chi connectivity index (χ1v) is 8.53. The Hall–Kier alpha value is -2.27. The molecule has 0 radical (unpaired) electrons. The summed E-state index contributed by atoms with van der Waals surface area (Å²) in [4.78, 5) is 15.5. The number of ether oxygens (including phenoxy) is 2. The zero-order valence-electron chi connectivity index (χ0n) is 13.0. The van der Waals surface area contributed by atoms with Crippen molar-refractivity contribution < 1.29 is 14.3 Å². The summed E-state index contributed by atoms with van der Waals surface area (Å²) in [6.07, 6.45) is 4.34. The molecule has 0 saturated carbocycles. The number of thiophene rings is 1. The molecule has 2 aromatic rings. The van der Waals surface area contributed by atoms with Crippen LogP contribution in [-0.2, 0) is 11.2 Å². The zero-order chi connectivity index (χ0) is 16.1. The number of hydrogen-bond donors (Lipinski definition) is 0. The van der Waals surface area contributed by atoms with Crippen LogP contribution in [-0.4, -0.2) is 30.7 Å². The molecule has 4 nitrogen and oxygen atoms in total. The van der Waals surface area contributed by atoms with Gasteiger partial charge in [0.25, 0.3) is 0 Å². The Bertz CT molecular complexity index is 694. The third kappa shape index (κ3) is 3.93. The molecule has 2 heterocycles. The average Bonchev–Trinajstić information content (AvgIpc) is 3.24. The second kappa shape index (κ2) is 7.33. The van der Waals surface area contributed by atoms with Crippen LogP contribution in [0.1, 0.15) is 17.4 Å². The van der Waals surface area contributed by atoms with Gasteiger partial charge in [-0.3, -0.25) is 4.79 Å². The van der Waals surface area contributed by atoms with Crippen LogP contribution in [0, 0.1) is 0 Å². The molecule has 120 valence electrons. The molecular formula is C18H19NO3S. The minimum absolute atomic E-state index is 0.0294. The molecule has 0 aliphatic carbocycles. The number of fused-ring (bicyclic) bond motifs is 1. The van der Waals surface area contributed by atoms with Gasteiger partial charge in [-0.2, -0.15) is 0 Å². The second-order valence-corrected chi connectivity index (χ2v) is 6.23. The van der Waals surface area contributed by atoms with Crippen molar-refractivity contribution in [3.05, 3.63) is 52.2 Å². The second-order valence-electron chi connectivity index (χ2n) is 5.19. The van der Waals surface area contributed by atoms with Crippen LogP contribution in [0.3, 0.4) is 0 Å². The summed E-state index contributed by atoms with van der Waals surface area (Å²) in [6, 6.07) is 9.80. The van der Waals surface area contributed by atoms with Crippen molar-refractivity contribution in [1.29, 1.82) is 0 Å². The molecule has 0 atom stereocenters. The molecule has 1 aromatic heterocycles. The Balaban J connectivity index is 1.59. The van der Waals surface area contributed by atoms with Crippen LogP contribution in [0.2, 0.25) is 0 Å². The van der Waals surface area contributed by atoms with Gasteiger partial charge in [-0.15, -0.1) is 11.3 Å². The number of benzene rings is 1. The van der Waals surface area contributed by atoms with Gasteiger partial charge in [0, 0.05) is 24.0 Å². The molecule has 1 aliphatic rings. The molecule has 0 unspecified atom stereocenters. The van der Waals surface area contributed by atoms with Crippen molar-refractivity contribution in [2.75, 3.05) is 19.9 Å². The van der Waals surface area contributed by atoms with E-state index in [0.29, 0.717) is 6.54 Å². The van der Waals surface area contributed by atoms with Crippen LogP contribution in [0.5, 0.6) is 11.5 Å². The lowest BCUT2D eigenvalue weighted by Gasteiger charge is -2.18. The van der Waals surface area contributed by atoms with Gasteiger partial charge in [-0.05, 0) is 48.6 Å². The highest BCUT2D eigenvalue weighted by Gasteiger charge is 2.13. The highest BCUT2D eigenvalue weighted by atomic mass is 32.1. The molecule has 0 saturated heterocycles. The first-order valence-electron chi connectivity index (χ1n) is 7.65. The van der Waals surface area contributed by atoms with Crippen molar-refractivity contribution in [2.24, 2.45) is 0 Å². The maximum atomic E-state index is 12.3. The van der Waals surface area contributed by atoms with E-state index in [1.807, 2.05) is 42.2 Å². The van der Waals surface area contributed by atoms with E-state index in [-0.39, 0.29) is 12.7 Å². The fourth-order valence-corrected chi connectivity index (χ4v) is 3.11. The summed E-state index contributed by atoms with van der Waals surface area (Å²) >= 11 is 1.73. The largest absolute Gasteiger partial charge is 0.454 e. The number of rotatable bonds is 6. The predicted octanol–water partition coefficient (Wildman–Crippen LogP) is 3.58. The fraction of sp³-hybridized carbons (Fsp3) is 0.278. The van der Waals surface area contributed by atoms with E-state index in [1.165, 1.54) is 4.88 Å². The van der Waals surface area contributed by atoms with Crippen LogP contribution in [0.15, 0.2) is 41.8 Å². The lowest BCUT2D eigenvalue weighted by Crippen LogP contribution is -2.31. The molecule has 0 fully saturated rings. The van der Waals surface area contributed by atoms with Crippen molar-refractivity contribution in [3.63, 3.8) is 0 Å². The fourth-order valence-electron chi connectivity index (χ4n) is 2.41. The summed E-state index contributed by atoms with van der Waals surface area (Å²) in [5.74, 6) is 1.51. The Morgan fingerprint density at radius 2 is 2.17 bits per heavy atom. The molecule has 3 rings (SSSR count). The van der Waals surface area contributed by atoms with Gasteiger partial charge in [0.2, 0.25) is 12.7 Å². The van der Waals surface area contributed by atoms with E-state index in [9.17, 15) is 4.79 Å². The van der Waals surface area contributed by atoms with E-state index < -0.39 is 0 Å². The molecule has 23 heavy (non-hydrogen) atoms. The van der Waals surface area contributed by atoms with Gasteiger partial charge in [0.05, 0.1) is 0 Å². The van der Waals surface area contributed by atoms with E-state index in [0.717, 1.165) is 30.0 Å². The topological polar surface area (TPSA) is 38.8 Å². The number of hydrogen-bond acceptors (Lipinski definition) is 4. The summed E-state index contributed by atoms with van der Waals surface area (Å²) in [7, 11) is 0. The lowest BCUT2D eigenvalue weighted by molar-refractivity contribution is -0.125. The Morgan fingerprint density at radius 3 is 2.96 bits per heavy atom. The smallest absolute Gasteiger partial charge is 0.246 e. The Labute approximate surface area is 140 Å². The predicted molar refractivity (Wildman–Crippen MR) is 91.9 cm³/mol. The van der Waals surface area contributed by atoms with Crippen molar-refractivity contribution in [2.45, 2.75) is 13.3 Å². The standard InChI is InChI=1S/C18H19NO3S/c1-2-19(10-9-15-4-3-11-23-15)18(20)8-6-14-5-7-16-17(12-14)22-13-21-16/h3-8,11-12H,2,9-10,13H2,1H3/b8-6+. The van der Waals surface area contributed by atoms with E-state index in [1.54, 1.807) is 17.4 Å². The van der Waals surface area contributed by atoms with Crippen LogP contribution >= 0.6 is 11.3 Å². The first kappa shape index (κ1) is 15.6. The minimum atomic E-state index is 0.0294. The van der Waals surface area contributed by atoms with Gasteiger partial charge in [-0.25, -0.2) is 0 Å². The monoisotopic (exact) mass is 329 g/mol. The lowest BCUT2D eigenvalue weighted by atomic mass is 10.2. The third-order valence-electron chi connectivity index (χ3n) is 3.72. The van der Waals surface area contributed by atoms with Crippen LogP contribution < -0.4 is 9.47 Å². The highest BCUT2D eigenvalue weighted by Crippen LogP contribution is 2.32. The molecule has 1 aliphatic heterocycles. The normalized spacial score (nSPS) is 12.7. The summed E-state index contributed by atoms with van der Waals surface area (Å²) in [5.41, 5.74) is 0.928. The van der Waals surface area contributed by atoms with Crippen LogP contribution in [0.4, 0.5) is 0 Å². The number of carbonyl (C=O) groups is 1. The van der Waals surface area contributed by atoms with E-state index in [4.69, 9.17) is 9.47 Å². The number of likely N-dealkylation sites (N-methyl/N-ethyl adjacent to an activating group) is 1. The first-order chi connectivity index (χ1) is 11.3. The number of amides is 1. The molecule has 1 aromatic carbocycles. The molecule has 0 N–H and O–H groups in total. The van der Waals surface area contributed by atoms with Gasteiger partial charge < -0.3 is 14.4 Å². The Kier molecular flexibility index (Phi) is 4.98. The minimum Gasteiger partial charge on any atom is -0.454 e. The SMILES string of the molecule is CCN(CCc1cccs1)C(=O)/C=C/c1ccc2c(c1)OCO2.